The number of hydrogen-bond acceptors (Lipinski definition) is 4. The number of aromatic nitrogens is 3. The Kier molecular flexibility index (Phi) is 8.54. The van der Waals surface area contributed by atoms with E-state index in [9.17, 15) is 0 Å². The Bertz CT molecular complexity index is 2770. The van der Waals surface area contributed by atoms with E-state index in [-0.39, 0.29) is 22.8 Å². The molecule has 0 bridgehead atoms. The number of rotatable bonds is 4. The third-order valence-corrected chi connectivity index (χ3v) is 11.3. The smallest absolute Gasteiger partial charge is 0.0972 e. The number of hydrogen-bond donors (Lipinski definition) is 0. The predicted molar refractivity (Wildman–Crippen MR) is 236 cm³/mol. The molecule has 0 fully saturated rings. The topological polar surface area (TPSA) is 51.0 Å². The zero-order chi connectivity index (χ0) is 38.8. The molecule has 0 saturated heterocycles. The van der Waals surface area contributed by atoms with Crippen LogP contribution in [0.2, 0.25) is 0 Å². The van der Waals surface area contributed by atoms with Crippen molar-refractivity contribution in [2.75, 3.05) is 0 Å². The molecule has 4 nitrogen and oxygen atoms in total. The summed E-state index contributed by atoms with van der Waals surface area (Å²) in [5.74, 6) is 0.121. The quantitative estimate of drug-likeness (QED) is 0.170. The minimum atomic E-state index is -0.127. The highest BCUT2D eigenvalue weighted by atomic mass is 14.8. The van der Waals surface area contributed by atoms with Gasteiger partial charge < -0.3 is 0 Å². The monoisotopic (exact) mass is 726 g/mol. The Morgan fingerprint density at radius 1 is 0.500 bits per heavy atom. The molecule has 4 aromatic carbocycles. The molecule has 1 aliphatic carbocycles. The molecule has 0 amide bonds. The van der Waals surface area contributed by atoms with Crippen molar-refractivity contribution in [1.82, 2.24) is 15.0 Å². The van der Waals surface area contributed by atoms with E-state index in [0.717, 1.165) is 83.7 Å². The number of allylic oxidation sites excluding steroid dienone is 1. The summed E-state index contributed by atoms with van der Waals surface area (Å²) in [7, 11) is 0. The normalized spacial score (nSPS) is 16.8. The first-order valence-electron chi connectivity index (χ1n) is 19.6. The molecule has 9 rings (SSSR count). The summed E-state index contributed by atoms with van der Waals surface area (Å²) >= 11 is 0. The number of benzene rings is 4. The average Bonchev–Trinajstić information content (AvgIpc) is 3.35. The summed E-state index contributed by atoms with van der Waals surface area (Å²) in [6.45, 7) is 18.0. The first kappa shape index (κ1) is 35.4. The van der Waals surface area contributed by atoms with E-state index >= 15 is 0 Å². The van der Waals surface area contributed by atoms with Crippen LogP contribution in [-0.2, 0) is 10.8 Å². The van der Waals surface area contributed by atoms with Gasteiger partial charge in [-0.1, -0.05) is 163 Å². The molecule has 0 saturated carbocycles. The number of fused-ring (bicyclic) bond motifs is 5. The van der Waals surface area contributed by atoms with Gasteiger partial charge in [0.05, 0.1) is 45.6 Å². The van der Waals surface area contributed by atoms with Crippen molar-refractivity contribution in [3.05, 3.63) is 174 Å². The van der Waals surface area contributed by atoms with Crippen molar-refractivity contribution in [3.63, 3.8) is 0 Å². The van der Waals surface area contributed by atoms with Crippen molar-refractivity contribution in [1.29, 1.82) is 0 Å². The van der Waals surface area contributed by atoms with E-state index in [0.29, 0.717) is 0 Å². The molecule has 4 heterocycles. The van der Waals surface area contributed by atoms with Crippen LogP contribution in [0.1, 0.15) is 69.5 Å². The molecule has 3 aromatic heterocycles. The molecular weight excluding hydrogens is 681 g/mol. The lowest BCUT2D eigenvalue weighted by Crippen LogP contribution is -2.22. The van der Waals surface area contributed by atoms with Gasteiger partial charge in [0.15, 0.2) is 0 Å². The second kappa shape index (κ2) is 13.5. The maximum absolute atomic E-state index is 5.27. The van der Waals surface area contributed by atoms with Gasteiger partial charge in [-0.25, -0.2) is 15.0 Å². The first-order valence-corrected chi connectivity index (χ1v) is 19.6. The van der Waals surface area contributed by atoms with Crippen LogP contribution in [0.15, 0.2) is 151 Å². The van der Waals surface area contributed by atoms with Crippen molar-refractivity contribution in [2.24, 2.45) is 10.9 Å². The molecule has 4 heteroatoms. The van der Waals surface area contributed by atoms with Crippen LogP contribution in [0.3, 0.4) is 0 Å². The van der Waals surface area contributed by atoms with Gasteiger partial charge in [0.25, 0.3) is 0 Å². The second-order valence-corrected chi connectivity index (χ2v) is 17.3. The van der Waals surface area contributed by atoms with E-state index in [1.54, 1.807) is 0 Å². The van der Waals surface area contributed by atoms with Crippen LogP contribution < -0.4 is 0 Å². The fourth-order valence-corrected chi connectivity index (χ4v) is 7.82. The van der Waals surface area contributed by atoms with Gasteiger partial charge >= 0.3 is 0 Å². The van der Waals surface area contributed by atoms with E-state index < -0.39 is 0 Å². The summed E-state index contributed by atoms with van der Waals surface area (Å²) in [6.07, 6.45) is 8.81. The highest BCUT2D eigenvalue weighted by Crippen LogP contribution is 2.37. The molecule has 2 unspecified atom stereocenters. The SMILES string of the molecule is C=C1c2nc(-c3cccc(-c4ccc5ccc6ccc(-c7ccc(C(C)(C)C)cc7)nc6c5n4)c3)ccc2C=CC2C=CC(c3ccc(C(C)(C)C)cc3)=NC12. The fourth-order valence-electron chi connectivity index (χ4n) is 7.82. The summed E-state index contributed by atoms with van der Waals surface area (Å²) in [4.78, 5) is 21.0. The van der Waals surface area contributed by atoms with Crippen LogP contribution in [0.4, 0.5) is 0 Å². The van der Waals surface area contributed by atoms with Crippen molar-refractivity contribution >= 4 is 39.2 Å². The highest BCUT2D eigenvalue weighted by molar-refractivity contribution is 6.10. The maximum Gasteiger partial charge on any atom is 0.0972 e. The molecule has 56 heavy (non-hydrogen) atoms. The molecule has 7 aromatic rings. The van der Waals surface area contributed by atoms with Gasteiger partial charge in [0.1, 0.15) is 0 Å². The van der Waals surface area contributed by atoms with Gasteiger partial charge in [-0.05, 0) is 63.4 Å². The Balaban J connectivity index is 1.03. The largest absolute Gasteiger partial charge is 0.276 e. The molecule has 0 radical (unpaired) electrons. The summed E-state index contributed by atoms with van der Waals surface area (Å²) < 4.78 is 0. The van der Waals surface area contributed by atoms with E-state index in [1.165, 1.54) is 11.1 Å². The van der Waals surface area contributed by atoms with E-state index in [1.807, 2.05) is 0 Å². The highest BCUT2D eigenvalue weighted by Gasteiger charge is 2.29. The van der Waals surface area contributed by atoms with Gasteiger partial charge in [0, 0.05) is 38.9 Å². The fraction of sp³-hybridized carbons (Fsp3) is 0.192. The lowest BCUT2D eigenvalue weighted by Gasteiger charge is -2.25. The third-order valence-electron chi connectivity index (χ3n) is 11.3. The van der Waals surface area contributed by atoms with Crippen molar-refractivity contribution in [3.8, 4) is 33.8 Å². The molecular formula is C52H46N4. The Morgan fingerprint density at radius 3 is 1.59 bits per heavy atom. The number of pyridine rings is 3. The number of nitrogens with zero attached hydrogens (tertiary/aromatic N) is 4. The van der Waals surface area contributed by atoms with Crippen LogP contribution in [0.5, 0.6) is 0 Å². The third kappa shape index (κ3) is 6.60. The summed E-state index contributed by atoms with van der Waals surface area (Å²) in [6, 6.07) is 43.0. The Hall–Kier alpha value is -6.26. The van der Waals surface area contributed by atoms with E-state index in [2.05, 4.69) is 194 Å². The van der Waals surface area contributed by atoms with Gasteiger partial charge in [-0.15, -0.1) is 0 Å². The van der Waals surface area contributed by atoms with Crippen LogP contribution in [0, 0.1) is 5.92 Å². The average molecular weight is 727 g/mol. The molecule has 1 aliphatic heterocycles. The van der Waals surface area contributed by atoms with Gasteiger partial charge in [0.2, 0.25) is 0 Å². The van der Waals surface area contributed by atoms with Gasteiger partial charge in [-0.3, -0.25) is 4.99 Å². The molecule has 2 atom stereocenters. The predicted octanol–water partition coefficient (Wildman–Crippen LogP) is 12.9. The van der Waals surface area contributed by atoms with Crippen LogP contribution in [-0.4, -0.2) is 26.7 Å². The number of aliphatic imine (C=N–C) groups is 1. The number of dihydropyridines is 1. The maximum atomic E-state index is 5.27. The standard InChI is InChI=1S/C52H46N4/c1-32-47-35(19-27-43(53-47)33-15-23-41(24-16-33)51(2,3)4)11-12-36-20-29-45(54-48(32)36)39-9-8-10-40(31-39)46-30-22-38-14-13-37-21-28-44(55-49(37)50(38)56-46)34-17-25-42(26-18-34)52(5,6)7/h8-31,35,47H,1H2,2-7H3. The zero-order valence-corrected chi connectivity index (χ0v) is 33.0. The van der Waals surface area contributed by atoms with Crippen LogP contribution >= 0.6 is 0 Å². The lowest BCUT2D eigenvalue weighted by atomic mass is 9.85. The second-order valence-electron chi connectivity index (χ2n) is 17.3. The molecule has 274 valence electrons. The lowest BCUT2D eigenvalue weighted by molar-refractivity contribution is 0.590. The van der Waals surface area contributed by atoms with Crippen LogP contribution in [0.25, 0.3) is 67.2 Å². The van der Waals surface area contributed by atoms with Crippen molar-refractivity contribution < 1.29 is 0 Å². The molecule has 2 aliphatic rings. The Morgan fingerprint density at radius 2 is 1.00 bits per heavy atom. The molecule has 0 N–H and O–H groups in total. The van der Waals surface area contributed by atoms with Crippen molar-refractivity contribution in [2.45, 2.75) is 58.4 Å². The zero-order valence-electron chi connectivity index (χ0n) is 33.0. The minimum absolute atomic E-state index is 0.0978. The van der Waals surface area contributed by atoms with Gasteiger partial charge in [-0.2, -0.15) is 0 Å². The Labute approximate surface area is 330 Å². The first-order chi connectivity index (χ1) is 26.9. The summed E-state index contributed by atoms with van der Waals surface area (Å²) in [5.41, 5.74) is 15.5. The van der Waals surface area contributed by atoms with E-state index in [4.69, 9.17) is 19.9 Å². The summed E-state index contributed by atoms with van der Waals surface area (Å²) in [5, 5.41) is 2.13. The molecule has 0 spiro atoms. The minimum Gasteiger partial charge on any atom is -0.276 e.